The van der Waals surface area contributed by atoms with Gasteiger partial charge in [-0.1, -0.05) is 89.9 Å². The average Bonchev–Trinajstić information content (AvgIpc) is 2.75. The predicted molar refractivity (Wildman–Crippen MR) is 115 cm³/mol. The Hall–Kier alpha value is -2.52. The molecule has 0 fully saturated rings. The van der Waals surface area contributed by atoms with E-state index in [4.69, 9.17) is 27.9 Å². The molecule has 28 heavy (non-hydrogen) atoms. The molecule has 1 aliphatic heterocycles. The van der Waals surface area contributed by atoms with E-state index in [1.54, 1.807) is 6.07 Å². The molecule has 1 N–H and O–H groups in total. The summed E-state index contributed by atoms with van der Waals surface area (Å²) < 4.78 is 6.36. The third kappa shape index (κ3) is 3.04. The number of ether oxygens (including phenoxy) is 1. The molecule has 0 saturated carbocycles. The standard InChI is InChI=1S/C24H17Cl2NO/c25-19-12-10-17(14-20(19)26)24-27-23(16-7-2-1-3-8-16)22-18-9-5-4-6-15(18)11-13-21(22)28-24/h1-14,23-24,27H/t23-,24-/m1/s1. The summed E-state index contributed by atoms with van der Waals surface area (Å²) in [4.78, 5) is 0. The second kappa shape index (κ2) is 7.14. The number of halogens is 2. The SMILES string of the molecule is Clc1ccc([C@@H]2N[C@H](c3ccccc3)c3c(ccc4ccccc34)O2)cc1Cl. The van der Waals surface area contributed by atoms with Crippen LogP contribution < -0.4 is 10.1 Å². The minimum atomic E-state index is -0.325. The van der Waals surface area contributed by atoms with Crippen LogP contribution in [0.2, 0.25) is 10.0 Å². The molecule has 0 amide bonds. The van der Waals surface area contributed by atoms with Crippen LogP contribution in [0.3, 0.4) is 0 Å². The summed E-state index contributed by atoms with van der Waals surface area (Å²) in [7, 11) is 0. The molecule has 1 aliphatic rings. The zero-order valence-corrected chi connectivity index (χ0v) is 16.4. The molecule has 4 heteroatoms. The van der Waals surface area contributed by atoms with Gasteiger partial charge in [-0.3, -0.25) is 5.32 Å². The largest absolute Gasteiger partial charge is 0.471 e. The monoisotopic (exact) mass is 405 g/mol. The van der Waals surface area contributed by atoms with E-state index in [9.17, 15) is 0 Å². The van der Waals surface area contributed by atoms with Gasteiger partial charge in [0.25, 0.3) is 0 Å². The lowest BCUT2D eigenvalue weighted by Crippen LogP contribution is -2.35. The first-order chi connectivity index (χ1) is 13.7. The molecule has 0 unspecified atom stereocenters. The Morgan fingerprint density at radius 3 is 2.32 bits per heavy atom. The van der Waals surface area contributed by atoms with Gasteiger partial charge in [0.2, 0.25) is 0 Å². The first-order valence-electron chi connectivity index (χ1n) is 9.15. The van der Waals surface area contributed by atoms with Crippen molar-refractivity contribution in [3.8, 4) is 5.75 Å². The Kier molecular flexibility index (Phi) is 4.48. The van der Waals surface area contributed by atoms with Crippen molar-refractivity contribution < 1.29 is 4.74 Å². The summed E-state index contributed by atoms with van der Waals surface area (Å²) in [5, 5.41) is 7.09. The molecule has 0 spiro atoms. The van der Waals surface area contributed by atoms with Crippen LogP contribution in [0, 0.1) is 0 Å². The van der Waals surface area contributed by atoms with Gasteiger partial charge >= 0.3 is 0 Å². The molecule has 2 nitrogen and oxygen atoms in total. The zero-order valence-electron chi connectivity index (χ0n) is 14.9. The summed E-state index contributed by atoms with van der Waals surface area (Å²) in [6, 6.07) is 28.6. The Labute approximate surface area is 173 Å². The Bertz CT molecular complexity index is 1160. The molecule has 5 rings (SSSR count). The van der Waals surface area contributed by atoms with E-state index in [1.807, 2.05) is 18.2 Å². The van der Waals surface area contributed by atoms with Crippen molar-refractivity contribution in [1.82, 2.24) is 5.32 Å². The predicted octanol–water partition coefficient (Wildman–Crippen LogP) is 6.92. The van der Waals surface area contributed by atoms with Crippen LogP contribution in [-0.2, 0) is 0 Å². The smallest absolute Gasteiger partial charge is 0.177 e. The van der Waals surface area contributed by atoms with Crippen LogP contribution in [0.15, 0.2) is 84.9 Å². The second-order valence-electron chi connectivity index (χ2n) is 6.88. The number of hydrogen-bond donors (Lipinski definition) is 1. The van der Waals surface area contributed by atoms with Gasteiger partial charge < -0.3 is 4.74 Å². The highest BCUT2D eigenvalue weighted by Crippen LogP contribution is 2.43. The maximum atomic E-state index is 6.36. The lowest BCUT2D eigenvalue weighted by molar-refractivity contribution is 0.134. The van der Waals surface area contributed by atoms with Crippen molar-refractivity contribution >= 4 is 34.0 Å². The van der Waals surface area contributed by atoms with E-state index in [1.165, 1.54) is 16.3 Å². The molecule has 0 aromatic heterocycles. The minimum Gasteiger partial charge on any atom is -0.471 e. The Morgan fingerprint density at radius 2 is 1.50 bits per heavy atom. The topological polar surface area (TPSA) is 21.3 Å². The fourth-order valence-corrected chi connectivity index (χ4v) is 4.13. The summed E-state index contributed by atoms with van der Waals surface area (Å²) in [6.07, 6.45) is -0.325. The zero-order chi connectivity index (χ0) is 19.1. The van der Waals surface area contributed by atoms with Gasteiger partial charge in [0.05, 0.1) is 16.1 Å². The van der Waals surface area contributed by atoms with E-state index < -0.39 is 0 Å². The third-order valence-electron chi connectivity index (χ3n) is 5.16. The van der Waals surface area contributed by atoms with Gasteiger partial charge in [-0.15, -0.1) is 0 Å². The molecular weight excluding hydrogens is 389 g/mol. The summed E-state index contributed by atoms with van der Waals surface area (Å²) in [5.41, 5.74) is 3.28. The van der Waals surface area contributed by atoms with E-state index >= 15 is 0 Å². The highest BCUT2D eigenvalue weighted by molar-refractivity contribution is 6.42. The van der Waals surface area contributed by atoms with Crippen molar-refractivity contribution in [1.29, 1.82) is 0 Å². The van der Waals surface area contributed by atoms with Gasteiger partial charge in [-0.05, 0) is 34.5 Å². The highest BCUT2D eigenvalue weighted by Gasteiger charge is 2.31. The molecule has 4 aromatic rings. The quantitative estimate of drug-likeness (QED) is 0.390. The number of nitrogens with one attached hydrogen (secondary N) is 1. The van der Waals surface area contributed by atoms with E-state index in [0.29, 0.717) is 10.0 Å². The number of benzene rings is 4. The van der Waals surface area contributed by atoms with Crippen LogP contribution in [0.4, 0.5) is 0 Å². The molecule has 0 saturated heterocycles. The number of fused-ring (bicyclic) bond motifs is 3. The van der Waals surface area contributed by atoms with Crippen molar-refractivity contribution in [2.45, 2.75) is 12.3 Å². The van der Waals surface area contributed by atoms with Gasteiger partial charge in [0, 0.05) is 11.1 Å². The van der Waals surface area contributed by atoms with Crippen LogP contribution in [0.1, 0.15) is 29.0 Å². The number of rotatable bonds is 2. The van der Waals surface area contributed by atoms with Gasteiger partial charge in [0.15, 0.2) is 6.23 Å². The van der Waals surface area contributed by atoms with Gasteiger partial charge in [-0.25, -0.2) is 0 Å². The fraction of sp³-hybridized carbons (Fsp3) is 0.0833. The van der Waals surface area contributed by atoms with Gasteiger partial charge in [-0.2, -0.15) is 0 Å². The summed E-state index contributed by atoms with van der Waals surface area (Å²) in [6.45, 7) is 0. The van der Waals surface area contributed by atoms with Crippen molar-refractivity contribution in [2.24, 2.45) is 0 Å². The van der Waals surface area contributed by atoms with Crippen LogP contribution >= 0.6 is 23.2 Å². The van der Waals surface area contributed by atoms with Crippen molar-refractivity contribution in [3.63, 3.8) is 0 Å². The Morgan fingerprint density at radius 1 is 0.714 bits per heavy atom. The first-order valence-corrected chi connectivity index (χ1v) is 9.90. The van der Waals surface area contributed by atoms with Crippen LogP contribution in [0.5, 0.6) is 5.75 Å². The fourth-order valence-electron chi connectivity index (χ4n) is 3.82. The lowest BCUT2D eigenvalue weighted by Gasteiger charge is -2.35. The molecule has 0 radical (unpaired) electrons. The highest BCUT2D eigenvalue weighted by atomic mass is 35.5. The number of hydrogen-bond acceptors (Lipinski definition) is 2. The molecular formula is C24H17Cl2NO. The Balaban J connectivity index is 1.68. The molecule has 138 valence electrons. The normalized spacial score (nSPS) is 18.5. The molecule has 0 bridgehead atoms. The maximum Gasteiger partial charge on any atom is 0.177 e. The minimum absolute atomic E-state index is 0.00416. The average molecular weight is 406 g/mol. The molecule has 4 aromatic carbocycles. The lowest BCUT2D eigenvalue weighted by atomic mass is 9.91. The van der Waals surface area contributed by atoms with Crippen LogP contribution in [0.25, 0.3) is 10.8 Å². The van der Waals surface area contributed by atoms with Crippen molar-refractivity contribution in [2.75, 3.05) is 0 Å². The second-order valence-corrected chi connectivity index (χ2v) is 7.69. The van der Waals surface area contributed by atoms with Gasteiger partial charge in [0.1, 0.15) is 5.75 Å². The van der Waals surface area contributed by atoms with E-state index in [2.05, 4.69) is 66.0 Å². The summed E-state index contributed by atoms with van der Waals surface area (Å²) in [5.74, 6) is 0.877. The summed E-state index contributed by atoms with van der Waals surface area (Å²) >= 11 is 12.3. The van der Waals surface area contributed by atoms with E-state index in [0.717, 1.165) is 16.9 Å². The molecule has 1 heterocycles. The molecule has 0 aliphatic carbocycles. The molecule has 2 atom stereocenters. The van der Waals surface area contributed by atoms with Crippen molar-refractivity contribution in [3.05, 3.63) is 112 Å². The van der Waals surface area contributed by atoms with Crippen LogP contribution in [-0.4, -0.2) is 0 Å². The third-order valence-corrected chi connectivity index (χ3v) is 5.90. The first kappa shape index (κ1) is 17.6. The maximum absolute atomic E-state index is 6.36. The van der Waals surface area contributed by atoms with E-state index in [-0.39, 0.29) is 12.3 Å².